The summed E-state index contributed by atoms with van der Waals surface area (Å²) in [5.74, 6) is 0.503. The van der Waals surface area contributed by atoms with Crippen molar-refractivity contribution in [2.45, 2.75) is 39.0 Å². The van der Waals surface area contributed by atoms with Crippen LogP contribution < -0.4 is 0 Å². The summed E-state index contributed by atoms with van der Waals surface area (Å²) >= 11 is 0. The van der Waals surface area contributed by atoms with Crippen LogP contribution in [0.4, 0.5) is 0 Å². The van der Waals surface area contributed by atoms with E-state index in [4.69, 9.17) is 0 Å². The largest absolute Gasteiger partial charge is 0.342 e. The molecule has 2 aliphatic rings. The number of likely N-dealkylation sites (tertiary alicyclic amines) is 2. The third-order valence-electron chi connectivity index (χ3n) is 5.48. The van der Waals surface area contributed by atoms with Crippen molar-refractivity contribution in [1.29, 1.82) is 0 Å². The maximum Gasteiger partial charge on any atom is 0.228 e. The molecule has 1 atom stereocenters. The highest BCUT2D eigenvalue weighted by Gasteiger charge is 2.46. The number of benzene rings is 1. The van der Waals surface area contributed by atoms with Crippen molar-refractivity contribution < 1.29 is 9.59 Å². The second-order valence-electron chi connectivity index (χ2n) is 6.81. The quantitative estimate of drug-likeness (QED) is 0.860. The number of amides is 2. The highest BCUT2D eigenvalue weighted by molar-refractivity contribution is 5.85. The lowest BCUT2D eigenvalue weighted by Gasteiger charge is -2.26. The molecule has 1 spiro atoms. The molecule has 2 saturated heterocycles. The van der Waals surface area contributed by atoms with E-state index in [1.165, 1.54) is 0 Å². The van der Waals surface area contributed by atoms with E-state index in [1.807, 2.05) is 47.1 Å². The molecular weight excluding hydrogens is 288 g/mol. The van der Waals surface area contributed by atoms with Crippen LogP contribution in [0.2, 0.25) is 0 Å². The molecule has 4 nitrogen and oxygen atoms in total. The normalized spacial score (nSPS) is 25.0. The molecular formula is C19H26N2O2. The minimum atomic E-state index is -0.197. The summed E-state index contributed by atoms with van der Waals surface area (Å²) in [6.45, 7) is 5.23. The molecule has 0 aromatic heterocycles. The van der Waals surface area contributed by atoms with Gasteiger partial charge in [0, 0.05) is 26.2 Å². The van der Waals surface area contributed by atoms with Gasteiger partial charge in [-0.3, -0.25) is 9.59 Å². The Morgan fingerprint density at radius 2 is 1.83 bits per heavy atom. The minimum absolute atomic E-state index is 0.186. The Bertz CT molecular complexity index is 572. The molecule has 2 amide bonds. The Kier molecular flexibility index (Phi) is 4.69. The molecule has 0 saturated carbocycles. The van der Waals surface area contributed by atoms with Crippen LogP contribution in [0.5, 0.6) is 0 Å². The van der Waals surface area contributed by atoms with Crippen molar-refractivity contribution in [3.05, 3.63) is 35.9 Å². The first-order chi connectivity index (χ1) is 11.1. The van der Waals surface area contributed by atoms with Gasteiger partial charge in [-0.2, -0.15) is 0 Å². The zero-order chi connectivity index (χ0) is 16.3. The van der Waals surface area contributed by atoms with Crippen molar-refractivity contribution in [3.63, 3.8) is 0 Å². The zero-order valence-electron chi connectivity index (χ0n) is 14.0. The highest BCUT2D eigenvalue weighted by atomic mass is 16.2. The van der Waals surface area contributed by atoms with Crippen LogP contribution in [0.15, 0.2) is 30.3 Å². The smallest absolute Gasteiger partial charge is 0.228 e. The zero-order valence-corrected chi connectivity index (χ0v) is 14.0. The molecule has 2 heterocycles. The van der Waals surface area contributed by atoms with Gasteiger partial charge in [-0.15, -0.1) is 0 Å². The Labute approximate surface area is 138 Å². The Balaban J connectivity index is 1.63. The van der Waals surface area contributed by atoms with E-state index in [0.29, 0.717) is 12.3 Å². The van der Waals surface area contributed by atoms with Crippen molar-refractivity contribution in [2.75, 3.05) is 26.2 Å². The lowest BCUT2D eigenvalue weighted by molar-refractivity contribution is -0.137. The first-order valence-electron chi connectivity index (χ1n) is 8.76. The molecule has 0 aliphatic carbocycles. The van der Waals surface area contributed by atoms with Gasteiger partial charge in [-0.1, -0.05) is 30.3 Å². The Hall–Kier alpha value is -1.84. The predicted molar refractivity (Wildman–Crippen MR) is 89.9 cm³/mol. The van der Waals surface area contributed by atoms with Gasteiger partial charge in [0.1, 0.15) is 0 Å². The van der Waals surface area contributed by atoms with Crippen LogP contribution in [0, 0.1) is 5.41 Å². The van der Waals surface area contributed by atoms with E-state index in [1.54, 1.807) is 0 Å². The standard InChI is InChI=1S/C19H26N2O2/c1-2-20-13-10-19(18(20)23)9-6-12-21(14-11-19)17(22)15-16-7-4-3-5-8-16/h3-5,7-8H,2,6,9-15H2,1H3/t19-/m1/s1. The first-order valence-corrected chi connectivity index (χ1v) is 8.76. The van der Waals surface area contributed by atoms with E-state index in [0.717, 1.165) is 57.4 Å². The average molecular weight is 314 g/mol. The summed E-state index contributed by atoms with van der Waals surface area (Å²) in [5, 5.41) is 0. The van der Waals surface area contributed by atoms with Gasteiger partial charge in [0.05, 0.1) is 11.8 Å². The summed E-state index contributed by atoms with van der Waals surface area (Å²) in [4.78, 5) is 29.1. The predicted octanol–water partition coefficient (Wildman–Crippen LogP) is 2.48. The van der Waals surface area contributed by atoms with Gasteiger partial charge in [-0.05, 0) is 38.2 Å². The van der Waals surface area contributed by atoms with E-state index < -0.39 is 0 Å². The van der Waals surface area contributed by atoms with Crippen molar-refractivity contribution in [3.8, 4) is 0 Å². The fourth-order valence-electron chi connectivity index (χ4n) is 3.98. The maximum absolute atomic E-state index is 12.7. The maximum atomic E-state index is 12.7. The topological polar surface area (TPSA) is 40.6 Å². The number of carbonyl (C=O) groups is 2. The molecule has 0 radical (unpaired) electrons. The molecule has 1 aromatic rings. The summed E-state index contributed by atoms with van der Waals surface area (Å²) in [6.07, 6.45) is 4.10. The third-order valence-corrected chi connectivity index (χ3v) is 5.48. The molecule has 23 heavy (non-hydrogen) atoms. The van der Waals surface area contributed by atoms with Gasteiger partial charge < -0.3 is 9.80 Å². The highest BCUT2D eigenvalue weighted by Crippen LogP contribution is 2.41. The molecule has 0 bridgehead atoms. The molecule has 124 valence electrons. The van der Waals surface area contributed by atoms with E-state index in [9.17, 15) is 9.59 Å². The van der Waals surface area contributed by atoms with Gasteiger partial charge in [0.2, 0.25) is 11.8 Å². The van der Waals surface area contributed by atoms with Gasteiger partial charge in [0.25, 0.3) is 0 Å². The van der Waals surface area contributed by atoms with Crippen LogP contribution >= 0.6 is 0 Å². The second kappa shape index (κ2) is 6.73. The molecule has 2 fully saturated rings. The van der Waals surface area contributed by atoms with Crippen molar-refractivity contribution in [1.82, 2.24) is 9.80 Å². The Morgan fingerprint density at radius 3 is 2.52 bits per heavy atom. The van der Waals surface area contributed by atoms with Gasteiger partial charge >= 0.3 is 0 Å². The second-order valence-corrected chi connectivity index (χ2v) is 6.81. The number of carbonyl (C=O) groups excluding carboxylic acids is 2. The molecule has 0 unspecified atom stereocenters. The SMILES string of the molecule is CCN1CC[C@@]2(CCCN(C(=O)Cc3ccccc3)CC2)C1=O. The van der Waals surface area contributed by atoms with Crippen LogP contribution in [0.25, 0.3) is 0 Å². The summed E-state index contributed by atoms with van der Waals surface area (Å²) in [5.41, 5.74) is 0.864. The van der Waals surface area contributed by atoms with E-state index >= 15 is 0 Å². The monoisotopic (exact) mass is 314 g/mol. The summed E-state index contributed by atoms with van der Waals surface area (Å²) < 4.78 is 0. The van der Waals surface area contributed by atoms with Crippen LogP contribution in [-0.4, -0.2) is 47.8 Å². The van der Waals surface area contributed by atoms with Crippen molar-refractivity contribution in [2.24, 2.45) is 5.41 Å². The molecule has 3 rings (SSSR count). The molecule has 1 aromatic carbocycles. The Morgan fingerprint density at radius 1 is 1.09 bits per heavy atom. The fourth-order valence-corrected chi connectivity index (χ4v) is 3.98. The first kappa shape index (κ1) is 16.0. The number of hydrogen-bond donors (Lipinski definition) is 0. The lowest BCUT2D eigenvalue weighted by atomic mass is 9.79. The van der Waals surface area contributed by atoms with E-state index in [-0.39, 0.29) is 11.3 Å². The number of nitrogens with zero attached hydrogens (tertiary/aromatic N) is 2. The minimum Gasteiger partial charge on any atom is -0.342 e. The van der Waals surface area contributed by atoms with Crippen molar-refractivity contribution >= 4 is 11.8 Å². The van der Waals surface area contributed by atoms with Crippen LogP contribution in [0.1, 0.15) is 38.2 Å². The third kappa shape index (κ3) is 3.26. The lowest BCUT2D eigenvalue weighted by Crippen LogP contribution is -2.37. The van der Waals surface area contributed by atoms with Gasteiger partial charge in [0.15, 0.2) is 0 Å². The summed E-state index contributed by atoms with van der Waals surface area (Å²) in [7, 11) is 0. The van der Waals surface area contributed by atoms with Crippen LogP contribution in [0.3, 0.4) is 0 Å². The van der Waals surface area contributed by atoms with E-state index in [2.05, 4.69) is 0 Å². The number of hydrogen-bond acceptors (Lipinski definition) is 2. The van der Waals surface area contributed by atoms with Crippen LogP contribution in [-0.2, 0) is 16.0 Å². The molecule has 2 aliphatic heterocycles. The number of rotatable bonds is 3. The fraction of sp³-hybridized carbons (Fsp3) is 0.579. The average Bonchev–Trinajstić information content (AvgIpc) is 2.74. The summed E-state index contributed by atoms with van der Waals surface area (Å²) in [6, 6.07) is 9.90. The molecule has 0 N–H and O–H groups in total. The molecule has 4 heteroatoms. The van der Waals surface area contributed by atoms with Gasteiger partial charge in [-0.25, -0.2) is 0 Å².